The molecule has 1 aromatic heterocycles. The summed E-state index contributed by atoms with van der Waals surface area (Å²) in [5, 5.41) is 9.10. The lowest BCUT2D eigenvalue weighted by Gasteiger charge is -2.14. The van der Waals surface area contributed by atoms with Gasteiger partial charge in [0.1, 0.15) is 0 Å². The standard InChI is InChI=1S/C11H17BrN2S/c1-8-4-13-5-9(8)6-14-7-11-10(12)2-3-15-11/h2-3,8-9,13-14H,4-7H2,1H3. The van der Waals surface area contributed by atoms with Crippen LogP contribution >= 0.6 is 27.3 Å². The minimum Gasteiger partial charge on any atom is -0.316 e. The summed E-state index contributed by atoms with van der Waals surface area (Å²) >= 11 is 5.36. The second kappa shape index (κ2) is 5.43. The maximum absolute atomic E-state index is 3.55. The van der Waals surface area contributed by atoms with Crippen LogP contribution < -0.4 is 10.6 Å². The zero-order valence-electron chi connectivity index (χ0n) is 8.92. The van der Waals surface area contributed by atoms with Crippen LogP contribution in [0.2, 0.25) is 0 Å². The first kappa shape index (κ1) is 11.6. The van der Waals surface area contributed by atoms with Crippen LogP contribution in [0.25, 0.3) is 0 Å². The molecule has 0 saturated carbocycles. The molecule has 0 amide bonds. The Hall–Kier alpha value is 0.100. The van der Waals surface area contributed by atoms with Crippen molar-refractivity contribution in [3.63, 3.8) is 0 Å². The predicted molar refractivity (Wildman–Crippen MR) is 69.2 cm³/mol. The Kier molecular flexibility index (Phi) is 4.20. The zero-order chi connectivity index (χ0) is 10.7. The molecule has 1 saturated heterocycles. The van der Waals surface area contributed by atoms with E-state index in [9.17, 15) is 0 Å². The van der Waals surface area contributed by atoms with Crippen LogP contribution in [-0.2, 0) is 6.54 Å². The highest BCUT2D eigenvalue weighted by Crippen LogP contribution is 2.22. The normalized spacial score (nSPS) is 26.0. The number of hydrogen-bond acceptors (Lipinski definition) is 3. The van der Waals surface area contributed by atoms with Crippen molar-refractivity contribution in [1.82, 2.24) is 10.6 Å². The minimum absolute atomic E-state index is 0.795. The average Bonchev–Trinajstić information content (AvgIpc) is 2.78. The third-order valence-electron chi connectivity index (χ3n) is 3.06. The summed E-state index contributed by atoms with van der Waals surface area (Å²) < 4.78 is 1.23. The van der Waals surface area contributed by atoms with Crippen LogP contribution in [0.3, 0.4) is 0 Å². The van der Waals surface area contributed by atoms with Gasteiger partial charge in [-0.05, 0) is 58.8 Å². The number of rotatable bonds is 4. The van der Waals surface area contributed by atoms with Crippen LogP contribution in [0.15, 0.2) is 15.9 Å². The van der Waals surface area contributed by atoms with Gasteiger partial charge in [-0.15, -0.1) is 11.3 Å². The monoisotopic (exact) mass is 288 g/mol. The van der Waals surface area contributed by atoms with Gasteiger partial charge in [-0.3, -0.25) is 0 Å². The molecule has 2 unspecified atom stereocenters. The summed E-state index contributed by atoms with van der Waals surface area (Å²) in [7, 11) is 0. The molecule has 2 heterocycles. The Balaban J connectivity index is 1.73. The van der Waals surface area contributed by atoms with Crippen LogP contribution in [0.4, 0.5) is 0 Å². The molecule has 1 aliphatic rings. The van der Waals surface area contributed by atoms with E-state index in [1.807, 2.05) is 11.3 Å². The molecule has 2 N–H and O–H groups in total. The summed E-state index contributed by atoms with van der Waals surface area (Å²) in [5.41, 5.74) is 0. The number of nitrogens with one attached hydrogen (secondary N) is 2. The first-order chi connectivity index (χ1) is 7.27. The van der Waals surface area contributed by atoms with Crippen LogP contribution in [0.5, 0.6) is 0 Å². The SMILES string of the molecule is CC1CNCC1CNCc1sccc1Br. The number of halogens is 1. The highest BCUT2D eigenvalue weighted by molar-refractivity contribution is 9.10. The van der Waals surface area contributed by atoms with Gasteiger partial charge >= 0.3 is 0 Å². The highest BCUT2D eigenvalue weighted by Gasteiger charge is 2.22. The van der Waals surface area contributed by atoms with E-state index >= 15 is 0 Å². The number of hydrogen-bond donors (Lipinski definition) is 2. The van der Waals surface area contributed by atoms with Gasteiger partial charge in [0.05, 0.1) is 0 Å². The Morgan fingerprint density at radius 1 is 1.60 bits per heavy atom. The highest BCUT2D eigenvalue weighted by atomic mass is 79.9. The molecule has 1 aliphatic heterocycles. The van der Waals surface area contributed by atoms with Gasteiger partial charge in [0.2, 0.25) is 0 Å². The molecule has 0 radical (unpaired) electrons. The van der Waals surface area contributed by atoms with E-state index in [-0.39, 0.29) is 0 Å². The molecular formula is C11H17BrN2S. The first-order valence-corrected chi connectivity index (χ1v) is 7.08. The second-order valence-electron chi connectivity index (χ2n) is 4.22. The maximum Gasteiger partial charge on any atom is 0.0327 e. The van der Waals surface area contributed by atoms with Crippen molar-refractivity contribution in [1.29, 1.82) is 0 Å². The lowest BCUT2D eigenvalue weighted by molar-refractivity contribution is 0.421. The van der Waals surface area contributed by atoms with Crippen molar-refractivity contribution in [2.45, 2.75) is 13.5 Å². The molecule has 0 aliphatic carbocycles. The lowest BCUT2D eigenvalue weighted by Crippen LogP contribution is -2.26. The molecule has 2 nitrogen and oxygen atoms in total. The summed E-state index contributed by atoms with van der Waals surface area (Å²) in [6.45, 7) is 6.78. The fourth-order valence-corrected chi connectivity index (χ4v) is 3.42. The Morgan fingerprint density at radius 3 is 3.07 bits per heavy atom. The molecule has 0 spiro atoms. The first-order valence-electron chi connectivity index (χ1n) is 5.40. The van der Waals surface area contributed by atoms with E-state index in [1.54, 1.807) is 0 Å². The average molecular weight is 289 g/mol. The van der Waals surface area contributed by atoms with Gasteiger partial charge in [0.25, 0.3) is 0 Å². The van der Waals surface area contributed by atoms with Gasteiger partial charge in [-0.1, -0.05) is 6.92 Å². The summed E-state index contributed by atoms with van der Waals surface area (Å²) in [6, 6.07) is 2.11. The fourth-order valence-electron chi connectivity index (χ4n) is 1.96. The van der Waals surface area contributed by atoms with Gasteiger partial charge in [-0.2, -0.15) is 0 Å². The quantitative estimate of drug-likeness (QED) is 0.889. The zero-order valence-corrected chi connectivity index (χ0v) is 11.3. The van der Waals surface area contributed by atoms with Crippen LogP contribution in [-0.4, -0.2) is 19.6 Å². The predicted octanol–water partition coefficient (Wildman–Crippen LogP) is 2.46. The third kappa shape index (κ3) is 3.03. The third-order valence-corrected chi connectivity index (χ3v) is 4.99. The van der Waals surface area contributed by atoms with Crippen molar-refractivity contribution in [2.75, 3.05) is 19.6 Å². The molecule has 0 bridgehead atoms. The maximum atomic E-state index is 3.55. The topological polar surface area (TPSA) is 24.1 Å². The summed E-state index contributed by atoms with van der Waals surface area (Å²) in [6.07, 6.45) is 0. The van der Waals surface area contributed by atoms with Gasteiger partial charge in [0.15, 0.2) is 0 Å². The van der Waals surface area contributed by atoms with Crippen LogP contribution in [0.1, 0.15) is 11.8 Å². The Bertz CT molecular complexity index is 313. The van der Waals surface area contributed by atoms with E-state index in [1.165, 1.54) is 22.4 Å². The second-order valence-corrected chi connectivity index (χ2v) is 6.07. The van der Waals surface area contributed by atoms with Gasteiger partial charge < -0.3 is 10.6 Å². The fraction of sp³-hybridized carbons (Fsp3) is 0.636. The Morgan fingerprint density at radius 2 is 2.47 bits per heavy atom. The number of thiophene rings is 1. The molecule has 4 heteroatoms. The van der Waals surface area contributed by atoms with Crippen molar-refractivity contribution in [3.05, 3.63) is 20.8 Å². The molecule has 1 fully saturated rings. The van der Waals surface area contributed by atoms with E-state index in [4.69, 9.17) is 0 Å². The van der Waals surface area contributed by atoms with Crippen molar-refractivity contribution in [3.8, 4) is 0 Å². The molecule has 2 atom stereocenters. The molecule has 15 heavy (non-hydrogen) atoms. The molecule has 2 rings (SSSR count). The van der Waals surface area contributed by atoms with E-state index in [0.29, 0.717) is 0 Å². The van der Waals surface area contributed by atoms with E-state index < -0.39 is 0 Å². The van der Waals surface area contributed by atoms with Crippen molar-refractivity contribution >= 4 is 27.3 Å². The molecule has 0 aromatic carbocycles. The van der Waals surface area contributed by atoms with Crippen molar-refractivity contribution < 1.29 is 0 Å². The summed E-state index contributed by atoms with van der Waals surface area (Å²) in [4.78, 5) is 1.40. The van der Waals surface area contributed by atoms with Crippen LogP contribution in [0, 0.1) is 11.8 Å². The van der Waals surface area contributed by atoms with E-state index in [2.05, 4.69) is 44.9 Å². The summed E-state index contributed by atoms with van der Waals surface area (Å²) in [5.74, 6) is 1.60. The van der Waals surface area contributed by atoms with Gasteiger partial charge in [-0.25, -0.2) is 0 Å². The van der Waals surface area contributed by atoms with E-state index in [0.717, 1.165) is 24.9 Å². The minimum atomic E-state index is 0.795. The molecule has 1 aromatic rings. The molecule has 84 valence electrons. The van der Waals surface area contributed by atoms with Crippen molar-refractivity contribution in [2.24, 2.45) is 11.8 Å². The molecular weight excluding hydrogens is 272 g/mol. The Labute approximate surface area is 104 Å². The lowest BCUT2D eigenvalue weighted by atomic mass is 9.98. The smallest absolute Gasteiger partial charge is 0.0327 e. The van der Waals surface area contributed by atoms with Gasteiger partial charge in [0, 0.05) is 15.9 Å². The largest absolute Gasteiger partial charge is 0.316 e.